The van der Waals surface area contributed by atoms with Gasteiger partial charge < -0.3 is 10.1 Å². The molecule has 3 nitrogen and oxygen atoms in total. The van der Waals surface area contributed by atoms with Crippen LogP contribution >= 0.6 is 12.4 Å². The molecule has 0 unspecified atom stereocenters. The van der Waals surface area contributed by atoms with Gasteiger partial charge in [-0.2, -0.15) is 0 Å². The van der Waals surface area contributed by atoms with Crippen molar-refractivity contribution in [1.29, 1.82) is 0 Å². The van der Waals surface area contributed by atoms with E-state index in [1.54, 1.807) is 0 Å². The van der Waals surface area contributed by atoms with Gasteiger partial charge in [0.25, 0.3) is 0 Å². The maximum Gasteiger partial charge on any atom is 0.330 e. The van der Waals surface area contributed by atoms with E-state index in [1.165, 1.54) is 19.6 Å². The average molecular weight is 192 g/mol. The zero-order valence-corrected chi connectivity index (χ0v) is 7.89. The van der Waals surface area contributed by atoms with Crippen LogP contribution in [0.1, 0.15) is 12.8 Å². The molecule has 0 saturated carbocycles. The normalized spacial score (nSPS) is 22.2. The van der Waals surface area contributed by atoms with E-state index in [2.05, 4.69) is 10.1 Å². The lowest BCUT2D eigenvalue weighted by molar-refractivity contribution is -0.134. The van der Waals surface area contributed by atoms with Crippen LogP contribution in [0.15, 0.2) is 12.2 Å². The molecule has 0 aromatic rings. The Labute approximate surface area is 78.6 Å². The molecule has 0 spiro atoms. The molecular weight excluding hydrogens is 178 g/mol. The minimum Gasteiger partial charge on any atom is -0.466 e. The van der Waals surface area contributed by atoms with Crippen molar-refractivity contribution in [1.82, 2.24) is 5.32 Å². The fourth-order valence-corrected chi connectivity index (χ4v) is 1.14. The van der Waals surface area contributed by atoms with Crippen LogP contribution in [0.3, 0.4) is 0 Å². The van der Waals surface area contributed by atoms with Gasteiger partial charge in [-0.3, -0.25) is 0 Å². The first-order valence-corrected chi connectivity index (χ1v) is 3.82. The van der Waals surface area contributed by atoms with Crippen molar-refractivity contribution in [3.8, 4) is 0 Å². The maximum atomic E-state index is 10.6. The van der Waals surface area contributed by atoms with Crippen LogP contribution in [-0.2, 0) is 9.53 Å². The summed E-state index contributed by atoms with van der Waals surface area (Å²) in [5.74, 6) is -0.279. The van der Waals surface area contributed by atoms with Crippen molar-refractivity contribution in [2.45, 2.75) is 18.9 Å². The lowest BCUT2D eigenvalue weighted by atomic mass is 10.2. The third-order valence-corrected chi connectivity index (χ3v) is 1.76. The fourth-order valence-electron chi connectivity index (χ4n) is 1.14. The molecule has 1 saturated heterocycles. The number of hydrogen-bond donors (Lipinski definition) is 1. The standard InChI is InChI=1S/C8H13NO2.ClH/c1-11-8(10)5-4-7-3-2-6-9-7;/h4-5,7,9H,2-3,6H2,1H3;1H/b5-4+;/t7-;/m0./s1. The van der Waals surface area contributed by atoms with Gasteiger partial charge in [0.2, 0.25) is 0 Å². The number of esters is 1. The Morgan fingerprint density at radius 2 is 2.42 bits per heavy atom. The van der Waals surface area contributed by atoms with Crippen molar-refractivity contribution >= 4 is 18.4 Å². The monoisotopic (exact) mass is 191 g/mol. The second-order valence-electron chi connectivity index (χ2n) is 2.59. The molecule has 0 amide bonds. The molecular formula is C8H14ClNO2. The van der Waals surface area contributed by atoms with E-state index in [0.717, 1.165) is 13.0 Å². The van der Waals surface area contributed by atoms with Crippen molar-refractivity contribution in [3.63, 3.8) is 0 Å². The number of halogens is 1. The predicted molar refractivity (Wildman–Crippen MR) is 49.4 cm³/mol. The van der Waals surface area contributed by atoms with Gasteiger partial charge in [-0.15, -0.1) is 12.4 Å². The molecule has 0 radical (unpaired) electrons. The summed E-state index contributed by atoms with van der Waals surface area (Å²) >= 11 is 0. The number of rotatable bonds is 2. The summed E-state index contributed by atoms with van der Waals surface area (Å²) in [6, 6.07) is 0.370. The van der Waals surface area contributed by atoms with Crippen molar-refractivity contribution in [3.05, 3.63) is 12.2 Å². The number of carbonyl (C=O) groups is 1. The minimum absolute atomic E-state index is 0. The molecule has 1 rings (SSSR count). The quantitative estimate of drug-likeness (QED) is 0.521. The molecule has 0 aromatic carbocycles. The van der Waals surface area contributed by atoms with Crippen LogP contribution in [0.2, 0.25) is 0 Å². The third-order valence-electron chi connectivity index (χ3n) is 1.76. The Balaban J connectivity index is 0.00000121. The molecule has 1 aliphatic rings. The maximum absolute atomic E-state index is 10.6. The first-order chi connectivity index (χ1) is 5.33. The van der Waals surface area contributed by atoms with Crippen molar-refractivity contribution in [2.75, 3.05) is 13.7 Å². The lowest BCUT2D eigenvalue weighted by Gasteiger charge is -2.00. The number of carbonyl (C=O) groups excluding carboxylic acids is 1. The van der Waals surface area contributed by atoms with Gasteiger partial charge in [0.1, 0.15) is 0 Å². The van der Waals surface area contributed by atoms with Crippen molar-refractivity contribution < 1.29 is 9.53 Å². The van der Waals surface area contributed by atoms with Crippen LogP contribution in [0.4, 0.5) is 0 Å². The second kappa shape index (κ2) is 6.03. The fraction of sp³-hybridized carbons (Fsp3) is 0.625. The van der Waals surface area contributed by atoms with E-state index in [0.29, 0.717) is 6.04 Å². The third kappa shape index (κ3) is 3.74. The molecule has 70 valence electrons. The van der Waals surface area contributed by atoms with Crippen LogP contribution in [0.25, 0.3) is 0 Å². The molecule has 0 aliphatic carbocycles. The summed E-state index contributed by atoms with van der Waals surface area (Å²) in [7, 11) is 1.38. The van der Waals surface area contributed by atoms with Crippen LogP contribution in [-0.4, -0.2) is 25.7 Å². The van der Waals surface area contributed by atoms with Gasteiger partial charge in [0.15, 0.2) is 0 Å². The SMILES string of the molecule is COC(=O)/C=C/[C@@H]1CCCN1.Cl. The summed E-state index contributed by atoms with van der Waals surface area (Å²) in [5.41, 5.74) is 0. The smallest absolute Gasteiger partial charge is 0.330 e. The highest BCUT2D eigenvalue weighted by Gasteiger charge is 2.10. The second-order valence-corrected chi connectivity index (χ2v) is 2.59. The molecule has 4 heteroatoms. The first kappa shape index (κ1) is 11.5. The highest BCUT2D eigenvalue weighted by Crippen LogP contribution is 2.05. The Morgan fingerprint density at radius 1 is 1.67 bits per heavy atom. The van der Waals surface area contributed by atoms with Gasteiger partial charge >= 0.3 is 5.97 Å². The molecule has 1 fully saturated rings. The zero-order valence-electron chi connectivity index (χ0n) is 7.08. The lowest BCUT2D eigenvalue weighted by Crippen LogP contribution is -2.18. The van der Waals surface area contributed by atoms with Crippen LogP contribution < -0.4 is 5.32 Å². The summed E-state index contributed by atoms with van der Waals surface area (Å²) in [6.45, 7) is 1.05. The van der Waals surface area contributed by atoms with Gasteiger partial charge in [0, 0.05) is 12.1 Å². The highest BCUT2D eigenvalue weighted by molar-refractivity contribution is 5.85. The Morgan fingerprint density at radius 3 is 2.92 bits per heavy atom. The Kier molecular flexibility index (Phi) is 5.76. The zero-order chi connectivity index (χ0) is 8.10. The van der Waals surface area contributed by atoms with Gasteiger partial charge in [-0.1, -0.05) is 6.08 Å². The molecule has 0 aromatic heterocycles. The molecule has 1 heterocycles. The number of methoxy groups -OCH3 is 1. The van der Waals surface area contributed by atoms with Crippen molar-refractivity contribution in [2.24, 2.45) is 0 Å². The van der Waals surface area contributed by atoms with E-state index in [4.69, 9.17) is 0 Å². The predicted octanol–water partition coefficient (Wildman–Crippen LogP) is 0.889. The van der Waals surface area contributed by atoms with Gasteiger partial charge in [0.05, 0.1) is 7.11 Å². The minimum atomic E-state index is -0.279. The van der Waals surface area contributed by atoms with Crippen LogP contribution in [0, 0.1) is 0 Å². The van der Waals surface area contributed by atoms with Crippen LogP contribution in [0.5, 0.6) is 0 Å². The van der Waals surface area contributed by atoms with Gasteiger partial charge in [-0.05, 0) is 19.4 Å². The molecule has 0 bridgehead atoms. The number of ether oxygens (including phenoxy) is 1. The summed E-state index contributed by atoms with van der Waals surface area (Å²) < 4.78 is 4.46. The van der Waals surface area contributed by atoms with E-state index in [9.17, 15) is 4.79 Å². The molecule has 1 aliphatic heterocycles. The molecule has 1 atom stereocenters. The topological polar surface area (TPSA) is 38.3 Å². The number of hydrogen-bond acceptors (Lipinski definition) is 3. The first-order valence-electron chi connectivity index (χ1n) is 3.82. The Hall–Kier alpha value is -0.540. The largest absolute Gasteiger partial charge is 0.466 e. The van der Waals surface area contributed by atoms with E-state index in [-0.39, 0.29) is 18.4 Å². The van der Waals surface area contributed by atoms with E-state index < -0.39 is 0 Å². The average Bonchev–Trinajstić information content (AvgIpc) is 2.52. The molecule has 1 N–H and O–H groups in total. The molecule has 12 heavy (non-hydrogen) atoms. The summed E-state index contributed by atoms with van der Waals surface area (Å²) in [4.78, 5) is 10.6. The van der Waals surface area contributed by atoms with E-state index >= 15 is 0 Å². The summed E-state index contributed by atoms with van der Waals surface area (Å²) in [5, 5.41) is 3.24. The summed E-state index contributed by atoms with van der Waals surface area (Å²) in [6.07, 6.45) is 5.64. The van der Waals surface area contributed by atoms with E-state index in [1.807, 2.05) is 6.08 Å². The highest BCUT2D eigenvalue weighted by atomic mass is 35.5. The van der Waals surface area contributed by atoms with Gasteiger partial charge in [-0.25, -0.2) is 4.79 Å². The Bertz CT molecular complexity index is 164. The number of nitrogens with one attached hydrogen (secondary N) is 1.